The molecule has 0 radical (unpaired) electrons. The molecule has 1 N–H and O–H groups in total. The van der Waals surface area contributed by atoms with Crippen molar-refractivity contribution in [1.29, 1.82) is 0 Å². The molecule has 0 saturated carbocycles. The van der Waals surface area contributed by atoms with E-state index in [1.165, 1.54) is 12.1 Å². The summed E-state index contributed by atoms with van der Waals surface area (Å²) in [5, 5.41) is 2.70. The minimum Gasteiger partial charge on any atom is -0.444 e. The highest BCUT2D eigenvalue weighted by atomic mass is 79.9. The van der Waals surface area contributed by atoms with Crippen molar-refractivity contribution in [2.45, 2.75) is 71.7 Å². The molecule has 7 nitrogen and oxygen atoms in total. The maximum Gasteiger partial charge on any atom is 0.408 e. The number of hydrogen-bond donors (Lipinski definition) is 1. The zero-order valence-corrected chi connectivity index (χ0v) is 21.1. The van der Waals surface area contributed by atoms with Crippen molar-refractivity contribution in [1.82, 2.24) is 19.8 Å². The zero-order valence-electron chi connectivity index (χ0n) is 19.5. The number of hydrogen-bond acceptors (Lipinski definition) is 4. The second-order valence-electron chi connectivity index (χ2n) is 10.0. The molecule has 9 heteroatoms. The van der Waals surface area contributed by atoms with Gasteiger partial charge in [-0.15, -0.1) is 0 Å². The number of carbonyl (C=O) groups is 2. The van der Waals surface area contributed by atoms with Crippen molar-refractivity contribution in [2.75, 3.05) is 6.54 Å². The number of nitrogens with zero attached hydrogens (tertiary/aromatic N) is 3. The highest BCUT2D eigenvalue weighted by Crippen LogP contribution is 2.39. The SMILES string of the molecule is CC(C)(C)OC(=O)NC(C)(C)C(=O)N1CCn2c(nc(-c3ccc(F)cc3)c2Br)C1(C)C. The van der Waals surface area contributed by atoms with Crippen LogP contribution in [0.3, 0.4) is 0 Å². The van der Waals surface area contributed by atoms with Crippen LogP contribution in [-0.4, -0.2) is 44.1 Å². The van der Waals surface area contributed by atoms with E-state index >= 15 is 0 Å². The third-order valence-electron chi connectivity index (χ3n) is 5.39. The lowest BCUT2D eigenvalue weighted by Crippen LogP contribution is -2.62. The first-order chi connectivity index (χ1) is 14.6. The van der Waals surface area contributed by atoms with Crippen LogP contribution in [0.25, 0.3) is 11.3 Å². The predicted octanol–water partition coefficient (Wildman–Crippen LogP) is 4.83. The van der Waals surface area contributed by atoms with E-state index in [9.17, 15) is 14.0 Å². The van der Waals surface area contributed by atoms with Crippen LogP contribution in [0, 0.1) is 5.82 Å². The molecule has 32 heavy (non-hydrogen) atoms. The smallest absolute Gasteiger partial charge is 0.408 e. The van der Waals surface area contributed by atoms with Gasteiger partial charge in [0.25, 0.3) is 0 Å². The number of imidazole rings is 1. The van der Waals surface area contributed by atoms with Gasteiger partial charge >= 0.3 is 6.09 Å². The monoisotopic (exact) mass is 508 g/mol. The van der Waals surface area contributed by atoms with E-state index in [0.29, 0.717) is 24.6 Å². The number of alkyl carbamates (subject to hydrolysis) is 1. The Bertz CT molecular complexity index is 1040. The fraction of sp³-hybridized carbons (Fsp3) is 0.522. The van der Waals surface area contributed by atoms with Crippen LogP contribution in [0.2, 0.25) is 0 Å². The Morgan fingerprint density at radius 2 is 1.72 bits per heavy atom. The van der Waals surface area contributed by atoms with E-state index in [2.05, 4.69) is 21.2 Å². The van der Waals surface area contributed by atoms with E-state index in [1.807, 2.05) is 18.4 Å². The molecular weight excluding hydrogens is 479 g/mol. The fourth-order valence-corrected chi connectivity index (χ4v) is 4.46. The quantitative estimate of drug-likeness (QED) is 0.643. The summed E-state index contributed by atoms with van der Waals surface area (Å²) in [5.41, 5.74) is -1.12. The molecule has 0 saturated heterocycles. The Labute approximate surface area is 196 Å². The zero-order chi connectivity index (χ0) is 24.1. The molecule has 0 aliphatic carbocycles. The number of benzene rings is 1. The van der Waals surface area contributed by atoms with E-state index in [1.54, 1.807) is 51.7 Å². The summed E-state index contributed by atoms with van der Waals surface area (Å²) in [6.45, 7) is 13.5. The standard InChI is InChI=1S/C23H30BrFN4O3/c1-21(2,3)32-20(31)27-22(4,5)19(30)29-13-12-28-17(24)16(26-18(28)23(29,6)7)14-8-10-15(25)11-9-14/h8-11H,12-13H2,1-7H3,(H,27,31). The highest BCUT2D eigenvalue weighted by molar-refractivity contribution is 9.10. The number of rotatable bonds is 3. The number of ether oxygens (including phenoxy) is 1. The number of nitrogens with one attached hydrogen (secondary N) is 1. The predicted molar refractivity (Wildman–Crippen MR) is 124 cm³/mol. The molecule has 1 aliphatic heterocycles. The average molecular weight is 509 g/mol. The van der Waals surface area contributed by atoms with E-state index in [4.69, 9.17) is 9.72 Å². The lowest BCUT2D eigenvalue weighted by molar-refractivity contribution is -0.145. The number of aromatic nitrogens is 2. The summed E-state index contributed by atoms with van der Waals surface area (Å²) in [6.07, 6.45) is -0.645. The Morgan fingerprint density at radius 1 is 1.12 bits per heavy atom. The topological polar surface area (TPSA) is 76.5 Å². The van der Waals surface area contributed by atoms with Crippen LogP contribution in [0.5, 0.6) is 0 Å². The molecule has 0 bridgehead atoms. The second-order valence-corrected chi connectivity index (χ2v) is 10.8. The number of halogens is 2. The molecule has 0 fully saturated rings. The van der Waals surface area contributed by atoms with Gasteiger partial charge in [-0.3, -0.25) is 4.79 Å². The molecule has 174 valence electrons. The molecule has 3 rings (SSSR count). The molecule has 0 atom stereocenters. The average Bonchev–Trinajstić information content (AvgIpc) is 2.98. The van der Waals surface area contributed by atoms with E-state index < -0.39 is 22.8 Å². The Hall–Kier alpha value is -2.42. The van der Waals surface area contributed by atoms with Gasteiger partial charge in [-0.05, 0) is 88.7 Å². The van der Waals surface area contributed by atoms with Crippen LogP contribution in [0.15, 0.2) is 28.9 Å². The summed E-state index contributed by atoms with van der Waals surface area (Å²) in [5.74, 6) is 0.157. The van der Waals surface area contributed by atoms with Gasteiger partial charge in [-0.1, -0.05) is 0 Å². The summed E-state index contributed by atoms with van der Waals surface area (Å²) >= 11 is 3.63. The van der Waals surface area contributed by atoms with Crippen LogP contribution in [0.4, 0.5) is 9.18 Å². The fourth-order valence-electron chi connectivity index (χ4n) is 3.80. The molecule has 1 aromatic heterocycles. The first-order valence-corrected chi connectivity index (χ1v) is 11.3. The minimum atomic E-state index is -1.18. The summed E-state index contributed by atoms with van der Waals surface area (Å²) in [6, 6.07) is 6.15. The van der Waals surface area contributed by atoms with Crippen molar-refractivity contribution in [3.8, 4) is 11.3 Å². The highest BCUT2D eigenvalue weighted by Gasteiger charge is 2.46. The number of amides is 2. The van der Waals surface area contributed by atoms with E-state index in [0.717, 1.165) is 10.2 Å². The molecule has 1 aromatic carbocycles. The van der Waals surface area contributed by atoms with Gasteiger partial charge in [0.2, 0.25) is 5.91 Å². The third kappa shape index (κ3) is 4.67. The molecule has 2 amide bonds. The van der Waals surface area contributed by atoms with Gasteiger partial charge in [-0.25, -0.2) is 14.2 Å². The van der Waals surface area contributed by atoms with Crippen molar-refractivity contribution in [3.05, 3.63) is 40.5 Å². The minimum absolute atomic E-state index is 0.234. The normalized spacial score (nSPS) is 15.8. The van der Waals surface area contributed by atoms with Gasteiger partial charge < -0.3 is 19.5 Å². The molecule has 2 heterocycles. The van der Waals surface area contributed by atoms with Crippen LogP contribution in [0.1, 0.15) is 54.3 Å². The first-order valence-electron chi connectivity index (χ1n) is 10.5. The van der Waals surface area contributed by atoms with Crippen molar-refractivity contribution in [2.24, 2.45) is 0 Å². The van der Waals surface area contributed by atoms with Crippen molar-refractivity contribution >= 4 is 27.9 Å². The summed E-state index contributed by atoms with van der Waals surface area (Å²) < 4.78 is 21.5. The summed E-state index contributed by atoms with van der Waals surface area (Å²) in [4.78, 5) is 32.4. The Morgan fingerprint density at radius 3 is 2.28 bits per heavy atom. The lowest BCUT2D eigenvalue weighted by atomic mass is 9.94. The maximum absolute atomic E-state index is 13.5. The molecule has 2 aromatic rings. The van der Waals surface area contributed by atoms with Crippen molar-refractivity contribution in [3.63, 3.8) is 0 Å². The first kappa shape index (κ1) is 24.2. The largest absolute Gasteiger partial charge is 0.444 e. The molecule has 0 spiro atoms. The third-order valence-corrected chi connectivity index (χ3v) is 6.19. The van der Waals surface area contributed by atoms with Gasteiger partial charge in [0.15, 0.2) is 0 Å². The molecule has 1 aliphatic rings. The van der Waals surface area contributed by atoms with Crippen molar-refractivity contribution < 1.29 is 18.7 Å². The number of fused-ring (bicyclic) bond motifs is 1. The van der Waals surface area contributed by atoms with Gasteiger partial charge in [0.05, 0.1) is 5.54 Å². The van der Waals surface area contributed by atoms with Gasteiger partial charge in [-0.2, -0.15) is 0 Å². The van der Waals surface area contributed by atoms with Crippen LogP contribution < -0.4 is 5.32 Å². The van der Waals surface area contributed by atoms with Gasteiger partial charge in [0, 0.05) is 18.7 Å². The lowest BCUT2D eigenvalue weighted by Gasteiger charge is -2.45. The summed E-state index contributed by atoms with van der Waals surface area (Å²) in [7, 11) is 0. The second kappa shape index (κ2) is 8.17. The Balaban J connectivity index is 1.89. The van der Waals surface area contributed by atoms with Crippen LogP contribution >= 0.6 is 15.9 Å². The Kier molecular flexibility index (Phi) is 6.19. The molecular formula is C23H30BrFN4O3. The maximum atomic E-state index is 13.5. The van der Waals surface area contributed by atoms with Crippen LogP contribution in [-0.2, 0) is 21.6 Å². The molecule has 0 unspecified atom stereocenters. The van der Waals surface area contributed by atoms with E-state index in [-0.39, 0.29) is 11.7 Å². The number of carbonyl (C=O) groups excluding carboxylic acids is 2. The van der Waals surface area contributed by atoms with Gasteiger partial charge in [0.1, 0.15) is 33.1 Å².